The summed E-state index contributed by atoms with van der Waals surface area (Å²) in [6, 6.07) is 16.2. The van der Waals surface area contributed by atoms with E-state index < -0.39 is 4.92 Å². The highest BCUT2D eigenvalue weighted by Crippen LogP contribution is 2.27. The van der Waals surface area contributed by atoms with Crippen molar-refractivity contribution in [3.8, 4) is 17.1 Å². The number of hydrogen-bond acceptors (Lipinski definition) is 5. The maximum atomic E-state index is 10.7. The maximum absolute atomic E-state index is 10.7. The number of rotatable bonds is 6. The number of aromatic nitrogens is 2. The number of nitro groups is 1. The fourth-order valence-electron chi connectivity index (χ4n) is 2.28. The first-order valence-corrected chi connectivity index (χ1v) is 7.46. The molecular formula is C18H15N3O3. The molecule has 0 spiro atoms. The largest absolute Gasteiger partial charge is 0.476 e. The van der Waals surface area contributed by atoms with Gasteiger partial charge in [0.05, 0.1) is 11.5 Å². The molecule has 0 amide bonds. The summed E-state index contributed by atoms with van der Waals surface area (Å²) in [7, 11) is 0. The molecule has 1 heterocycles. The van der Waals surface area contributed by atoms with Crippen LogP contribution in [-0.2, 0) is 6.42 Å². The van der Waals surface area contributed by atoms with Crippen LogP contribution in [0.15, 0.2) is 67.0 Å². The quantitative estimate of drug-likeness (QED) is 0.511. The van der Waals surface area contributed by atoms with Crippen molar-refractivity contribution in [3.63, 3.8) is 0 Å². The van der Waals surface area contributed by atoms with Gasteiger partial charge >= 0.3 is 0 Å². The van der Waals surface area contributed by atoms with Gasteiger partial charge in [-0.05, 0) is 17.7 Å². The van der Waals surface area contributed by atoms with Crippen molar-refractivity contribution in [3.05, 3.63) is 82.7 Å². The summed E-state index contributed by atoms with van der Waals surface area (Å²) in [5.41, 5.74) is 2.51. The molecule has 0 saturated carbocycles. The lowest BCUT2D eigenvalue weighted by atomic mass is 10.1. The van der Waals surface area contributed by atoms with Crippen LogP contribution in [0.2, 0.25) is 0 Å². The molecule has 0 aliphatic rings. The molecule has 0 aliphatic heterocycles. The summed E-state index contributed by atoms with van der Waals surface area (Å²) in [6.07, 6.45) is 3.89. The van der Waals surface area contributed by atoms with Crippen LogP contribution < -0.4 is 4.74 Å². The third-order valence-electron chi connectivity index (χ3n) is 3.49. The molecule has 6 nitrogen and oxygen atoms in total. The van der Waals surface area contributed by atoms with Gasteiger partial charge in [0, 0.05) is 36.5 Å². The van der Waals surface area contributed by atoms with Gasteiger partial charge in [0.2, 0.25) is 5.88 Å². The lowest BCUT2D eigenvalue weighted by Crippen LogP contribution is -2.04. The van der Waals surface area contributed by atoms with E-state index in [1.807, 2.05) is 30.3 Å². The minimum atomic E-state index is -0.433. The topological polar surface area (TPSA) is 78.2 Å². The van der Waals surface area contributed by atoms with Gasteiger partial charge in [-0.1, -0.05) is 30.3 Å². The van der Waals surface area contributed by atoms with Gasteiger partial charge in [0.25, 0.3) is 5.69 Å². The van der Waals surface area contributed by atoms with E-state index in [-0.39, 0.29) is 5.69 Å². The Bertz CT molecular complexity index is 820. The van der Waals surface area contributed by atoms with Crippen LogP contribution in [0.3, 0.4) is 0 Å². The van der Waals surface area contributed by atoms with Crippen molar-refractivity contribution in [1.82, 2.24) is 9.97 Å². The van der Waals surface area contributed by atoms with Gasteiger partial charge in [0.1, 0.15) is 5.69 Å². The Kier molecular flexibility index (Phi) is 4.76. The first kappa shape index (κ1) is 15.6. The van der Waals surface area contributed by atoms with E-state index >= 15 is 0 Å². The molecule has 0 radical (unpaired) electrons. The number of ether oxygens (including phenoxy) is 1. The zero-order chi connectivity index (χ0) is 16.8. The van der Waals surface area contributed by atoms with Crippen LogP contribution in [0.5, 0.6) is 5.88 Å². The monoisotopic (exact) mass is 321 g/mol. The Hall–Kier alpha value is -3.28. The van der Waals surface area contributed by atoms with Crippen molar-refractivity contribution in [2.24, 2.45) is 0 Å². The van der Waals surface area contributed by atoms with Gasteiger partial charge in [0.15, 0.2) is 0 Å². The van der Waals surface area contributed by atoms with Crippen molar-refractivity contribution in [2.75, 3.05) is 6.61 Å². The Morgan fingerprint density at radius 3 is 2.38 bits per heavy atom. The Morgan fingerprint density at radius 1 is 0.958 bits per heavy atom. The molecule has 0 bridgehead atoms. The SMILES string of the molecule is O=[N+]([O-])c1ccc(-c2nccnc2OCCc2ccccc2)cc1. The first-order chi connectivity index (χ1) is 11.7. The van der Waals surface area contributed by atoms with E-state index in [1.165, 1.54) is 17.7 Å². The summed E-state index contributed by atoms with van der Waals surface area (Å²) in [6.45, 7) is 0.475. The number of non-ortho nitro benzene ring substituents is 1. The van der Waals surface area contributed by atoms with Crippen LogP contribution in [0.25, 0.3) is 11.3 Å². The molecule has 0 unspecified atom stereocenters. The molecule has 0 atom stereocenters. The molecular weight excluding hydrogens is 306 g/mol. The predicted molar refractivity (Wildman–Crippen MR) is 89.8 cm³/mol. The van der Waals surface area contributed by atoms with Crippen LogP contribution >= 0.6 is 0 Å². The molecule has 0 fully saturated rings. The van der Waals surface area contributed by atoms with E-state index in [0.29, 0.717) is 18.2 Å². The third-order valence-corrected chi connectivity index (χ3v) is 3.49. The normalized spacial score (nSPS) is 10.3. The fourth-order valence-corrected chi connectivity index (χ4v) is 2.28. The second-order valence-electron chi connectivity index (χ2n) is 5.10. The van der Waals surface area contributed by atoms with Crippen molar-refractivity contribution in [2.45, 2.75) is 6.42 Å². The van der Waals surface area contributed by atoms with Crippen molar-refractivity contribution >= 4 is 5.69 Å². The summed E-state index contributed by atoms with van der Waals surface area (Å²) >= 11 is 0. The number of nitro benzene ring substituents is 1. The lowest BCUT2D eigenvalue weighted by Gasteiger charge is -2.09. The number of benzene rings is 2. The maximum Gasteiger partial charge on any atom is 0.269 e. The Morgan fingerprint density at radius 2 is 1.67 bits per heavy atom. The summed E-state index contributed by atoms with van der Waals surface area (Å²) < 4.78 is 5.77. The summed E-state index contributed by atoms with van der Waals surface area (Å²) in [5, 5.41) is 10.7. The average molecular weight is 321 g/mol. The fraction of sp³-hybridized carbons (Fsp3) is 0.111. The zero-order valence-corrected chi connectivity index (χ0v) is 12.8. The van der Waals surface area contributed by atoms with E-state index in [4.69, 9.17) is 4.74 Å². The molecule has 2 aromatic carbocycles. The summed E-state index contributed by atoms with van der Waals surface area (Å²) in [5.74, 6) is 0.419. The second kappa shape index (κ2) is 7.32. The minimum Gasteiger partial charge on any atom is -0.476 e. The standard InChI is InChI=1S/C18H15N3O3/c22-21(23)16-8-6-15(7-9-16)17-18(20-12-11-19-17)24-13-10-14-4-2-1-3-5-14/h1-9,11-12H,10,13H2. The highest BCUT2D eigenvalue weighted by molar-refractivity contribution is 5.65. The molecule has 0 N–H and O–H groups in total. The Labute approximate surface area is 138 Å². The molecule has 24 heavy (non-hydrogen) atoms. The molecule has 6 heteroatoms. The van der Waals surface area contributed by atoms with Crippen molar-refractivity contribution in [1.29, 1.82) is 0 Å². The van der Waals surface area contributed by atoms with Crippen LogP contribution in [0, 0.1) is 10.1 Å². The molecule has 1 aromatic heterocycles. The van der Waals surface area contributed by atoms with Gasteiger partial charge < -0.3 is 4.74 Å². The van der Waals surface area contributed by atoms with Crippen LogP contribution in [0.4, 0.5) is 5.69 Å². The molecule has 0 aliphatic carbocycles. The molecule has 3 rings (SSSR count). The first-order valence-electron chi connectivity index (χ1n) is 7.46. The van der Waals surface area contributed by atoms with E-state index in [0.717, 1.165) is 12.0 Å². The van der Waals surface area contributed by atoms with Gasteiger partial charge in [-0.15, -0.1) is 0 Å². The molecule has 0 saturated heterocycles. The van der Waals surface area contributed by atoms with E-state index in [1.54, 1.807) is 24.5 Å². The highest BCUT2D eigenvalue weighted by Gasteiger charge is 2.11. The third kappa shape index (κ3) is 3.73. The summed E-state index contributed by atoms with van der Waals surface area (Å²) in [4.78, 5) is 18.8. The van der Waals surface area contributed by atoms with Crippen LogP contribution in [0.1, 0.15) is 5.56 Å². The zero-order valence-electron chi connectivity index (χ0n) is 12.8. The molecule has 120 valence electrons. The van der Waals surface area contributed by atoms with E-state index in [2.05, 4.69) is 9.97 Å². The van der Waals surface area contributed by atoms with Gasteiger partial charge in [-0.3, -0.25) is 10.1 Å². The Balaban J connectivity index is 1.74. The second-order valence-corrected chi connectivity index (χ2v) is 5.10. The smallest absolute Gasteiger partial charge is 0.269 e. The molecule has 3 aromatic rings. The minimum absolute atomic E-state index is 0.0363. The van der Waals surface area contributed by atoms with Crippen LogP contribution in [-0.4, -0.2) is 21.5 Å². The van der Waals surface area contributed by atoms with Gasteiger partial charge in [-0.25, -0.2) is 9.97 Å². The average Bonchev–Trinajstić information content (AvgIpc) is 2.63. The van der Waals surface area contributed by atoms with E-state index in [9.17, 15) is 10.1 Å². The predicted octanol–water partition coefficient (Wildman–Crippen LogP) is 3.67. The lowest BCUT2D eigenvalue weighted by molar-refractivity contribution is -0.384. The number of hydrogen-bond donors (Lipinski definition) is 0. The van der Waals surface area contributed by atoms with Gasteiger partial charge in [-0.2, -0.15) is 0 Å². The highest BCUT2D eigenvalue weighted by atomic mass is 16.6. The number of nitrogens with zero attached hydrogens (tertiary/aromatic N) is 3. The van der Waals surface area contributed by atoms with Crippen molar-refractivity contribution < 1.29 is 9.66 Å².